The molecule has 6 rings (SSSR count). The Kier molecular flexibility index (Phi) is 5.90. The van der Waals surface area contributed by atoms with Crippen LogP contribution >= 0.6 is 0 Å². The molecule has 2 aliphatic carbocycles. The third kappa shape index (κ3) is 3.79. The van der Waals surface area contributed by atoms with E-state index in [1.165, 1.54) is 11.8 Å². The van der Waals surface area contributed by atoms with Crippen LogP contribution in [0.4, 0.5) is 10.1 Å². The Balaban J connectivity index is 1.44. The lowest BCUT2D eigenvalue weighted by molar-refractivity contribution is -0.132. The van der Waals surface area contributed by atoms with Gasteiger partial charge in [0.2, 0.25) is 0 Å². The topological polar surface area (TPSA) is 61.9 Å². The molecule has 0 N–H and O–H groups in total. The van der Waals surface area contributed by atoms with Gasteiger partial charge in [-0.2, -0.15) is 10.4 Å². The lowest BCUT2D eigenvalue weighted by Gasteiger charge is -2.50. The van der Waals surface area contributed by atoms with Crippen molar-refractivity contribution in [1.82, 2.24) is 9.78 Å². The first-order valence-corrected chi connectivity index (χ1v) is 13.5. The number of carbonyl (C=O) groups is 1. The molecule has 1 aromatic heterocycles. The van der Waals surface area contributed by atoms with Crippen molar-refractivity contribution in [1.29, 1.82) is 5.26 Å². The van der Waals surface area contributed by atoms with Gasteiger partial charge in [-0.3, -0.25) is 9.48 Å². The summed E-state index contributed by atoms with van der Waals surface area (Å²) in [5.41, 5.74) is 4.40. The molecule has 5 nitrogen and oxygen atoms in total. The van der Waals surface area contributed by atoms with Gasteiger partial charge < -0.3 is 4.90 Å². The molecule has 0 amide bonds. The number of para-hydroxylation sites is 1. The molecule has 4 atom stereocenters. The van der Waals surface area contributed by atoms with Crippen LogP contribution in [0, 0.1) is 34.9 Å². The fourth-order valence-corrected chi connectivity index (χ4v) is 7.45. The molecule has 6 heteroatoms. The van der Waals surface area contributed by atoms with Crippen molar-refractivity contribution in [2.45, 2.75) is 57.4 Å². The number of halogens is 1. The summed E-state index contributed by atoms with van der Waals surface area (Å²) < 4.78 is 17.2. The highest BCUT2D eigenvalue weighted by molar-refractivity contribution is 5.87. The highest BCUT2D eigenvalue weighted by Gasteiger charge is 2.54. The number of rotatable bonds is 3. The number of hydrogen-bond acceptors (Lipinski definition) is 4. The van der Waals surface area contributed by atoms with E-state index < -0.39 is 5.92 Å². The highest BCUT2D eigenvalue weighted by atomic mass is 19.1. The van der Waals surface area contributed by atoms with Crippen molar-refractivity contribution in [3.63, 3.8) is 0 Å². The molecule has 0 bridgehead atoms. The summed E-state index contributed by atoms with van der Waals surface area (Å²) in [7, 11) is 0. The molecule has 0 radical (unpaired) electrons. The van der Waals surface area contributed by atoms with Crippen LogP contribution in [0.3, 0.4) is 0 Å². The number of Topliss-reactive ketones (excluding diaryl/α,β-unsaturated/α-hetero) is 1. The monoisotopic (exact) mass is 496 g/mol. The second-order valence-corrected chi connectivity index (χ2v) is 11.3. The van der Waals surface area contributed by atoms with Crippen molar-refractivity contribution in [3.05, 3.63) is 71.7 Å². The van der Waals surface area contributed by atoms with E-state index in [2.05, 4.69) is 46.8 Å². The minimum absolute atomic E-state index is 0.0741. The fraction of sp³-hybridized carbons (Fsp3) is 0.452. The van der Waals surface area contributed by atoms with E-state index in [1.54, 1.807) is 6.07 Å². The standard InChI is InChI=1S/C31H33FN4O/c1-20-26-13-12-25-28(24-10-6-7-11-27(24)32)34-36(30(25)31(26,2)18-21(19-33)29(20)37)23-14-16-35(17-15-23)22-8-4-3-5-9-22/h3-11,20-21,23,26H,12-18H2,1-2H3/t20-,21?,26-,31-/m1/s1. The van der Waals surface area contributed by atoms with Crippen molar-refractivity contribution in [2.24, 2.45) is 17.8 Å². The minimum Gasteiger partial charge on any atom is -0.371 e. The smallest absolute Gasteiger partial charge is 0.153 e. The van der Waals surface area contributed by atoms with E-state index in [9.17, 15) is 10.1 Å². The van der Waals surface area contributed by atoms with Gasteiger partial charge in [0.05, 0.1) is 17.8 Å². The molecule has 1 saturated heterocycles. The van der Waals surface area contributed by atoms with E-state index in [1.807, 2.05) is 25.1 Å². The molecule has 0 spiro atoms. The van der Waals surface area contributed by atoms with Crippen LogP contribution in [-0.4, -0.2) is 28.7 Å². The van der Waals surface area contributed by atoms with Gasteiger partial charge in [0.1, 0.15) is 11.7 Å². The zero-order valence-electron chi connectivity index (χ0n) is 21.5. The molecule has 1 aliphatic heterocycles. The number of benzene rings is 2. The Hall–Kier alpha value is -3.46. The number of hydrogen-bond donors (Lipinski definition) is 0. The van der Waals surface area contributed by atoms with Gasteiger partial charge >= 0.3 is 0 Å². The van der Waals surface area contributed by atoms with Gasteiger partial charge in [-0.25, -0.2) is 4.39 Å². The number of anilines is 1. The Morgan fingerprint density at radius 3 is 2.46 bits per heavy atom. The van der Waals surface area contributed by atoms with Gasteiger partial charge in [-0.05, 0) is 62.3 Å². The first-order chi connectivity index (χ1) is 17.9. The highest BCUT2D eigenvalue weighted by Crippen LogP contribution is 2.55. The number of ketones is 1. The number of nitriles is 1. The van der Waals surface area contributed by atoms with Crippen LogP contribution in [-0.2, 0) is 16.6 Å². The summed E-state index contributed by atoms with van der Waals surface area (Å²) in [5.74, 6) is -0.808. The minimum atomic E-state index is -0.609. The van der Waals surface area contributed by atoms with Crippen LogP contribution in [0.1, 0.15) is 56.8 Å². The van der Waals surface area contributed by atoms with Crippen LogP contribution < -0.4 is 4.90 Å². The maximum absolute atomic E-state index is 15.1. The molecule has 1 unspecified atom stereocenters. The zero-order chi connectivity index (χ0) is 25.7. The lowest BCUT2D eigenvalue weighted by atomic mass is 9.54. The summed E-state index contributed by atoms with van der Waals surface area (Å²) in [5, 5.41) is 15.0. The normalized spacial score (nSPS) is 27.9. The summed E-state index contributed by atoms with van der Waals surface area (Å²) in [6.45, 7) is 6.07. The van der Waals surface area contributed by atoms with Crippen LogP contribution in [0.2, 0.25) is 0 Å². The molecular formula is C31H33FN4O. The average Bonchev–Trinajstić information content (AvgIpc) is 3.32. The van der Waals surface area contributed by atoms with E-state index in [0.29, 0.717) is 12.0 Å². The van der Waals surface area contributed by atoms with E-state index >= 15 is 4.39 Å². The summed E-state index contributed by atoms with van der Waals surface area (Å²) >= 11 is 0. The predicted molar refractivity (Wildman–Crippen MR) is 142 cm³/mol. The molecule has 3 aromatic rings. The number of aromatic nitrogens is 2. The van der Waals surface area contributed by atoms with Crippen molar-refractivity contribution in [3.8, 4) is 17.3 Å². The van der Waals surface area contributed by atoms with Crippen molar-refractivity contribution < 1.29 is 9.18 Å². The fourth-order valence-electron chi connectivity index (χ4n) is 7.45. The molecule has 2 fully saturated rings. The predicted octanol–water partition coefficient (Wildman–Crippen LogP) is 6.10. The number of carbonyl (C=O) groups excluding carboxylic acids is 1. The van der Waals surface area contributed by atoms with E-state index in [-0.39, 0.29) is 34.9 Å². The van der Waals surface area contributed by atoms with Gasteiger partial charge in [-0.1, -0.05) is 44.2 Å². The summed E-state index contributed by atoms with van der Waals surface area (Å²) in [4.78, 5) is 15.4. The largest absolute Gasteiger partial charge is 0.371 e. The Morgan fingerprint density at radius 1 is 1.05 bits per heavy atom. The first kappa shape index (κ1) is 23.9. The van der Waals surface area contributed by atoms with Crippen LogP contribution in [0.5, 0.6) is 0 Å². The Labute approximate surface area is 217 Å². The third-order valence-corrected chi connectivity index (χ3v) is 9.31. The van der Waals surface area contributed by atoms with E-state index in [0.717, 1.165) is 55.7 Å². The van der Waals surface area contributed by atoms with Gasteiger partial charge in [0.25, 0.3) is 0 Å². The molecule has 3 aliphatic rings. The third-order valence-electron chi connectivity index (χ3n) is 9.31. The quantitative estimate of drug-likeness (QED) is 0.440. The van der Waals surface area contributed by atoms with Gasteiger partial charge in [0.15, 0.2) is 5.78 Å². The zero-order valence-corrected chi connectivity index (χ0v) is 21.5. The summed E-state index contributed by atoms with van der Waals surface area (Å²) in [6, 6.07) is 19.9. The van der Waals surface area contributed by atoms with Crippen molar-refractivity contribution in [2.75, 3.05) is 18.0 Å². The second kappa shape index (κ2) is 9.13. The van der Waals surface area contributed by atoms with Gasteiger partial charge in [-0.15, -0.1) is 0 Å². The Bertz CT molecular complexity index is 1370. The van der Waals surface area contributed by atoms with Crippen LogP contribution in [0.15, 0.2) is 54.6 Å². The second-order valence-electron chi connectivity index (χ2n) is 11.3. The molecular weight excluding hydrogens is 463 g/mol. The lowest BCUT2D eigenvalue weighted by Crippen LogP contribution is -2.51. The molecule has 190 valence electrons. The SMILES string of the molecule is C[C@H]1C(=O)C(C#N)C[C@@]2(C)c3c(c(-c4ccccc4F)nn3C3CCN(c4ccccc4)CC3)CC[C@H]12. The molecule has 2 heterocycles. The summed E-state index contributed by atoms with van der Waals surface area (Å²) in [6.07, 6.45) is 4.02. The maximum Gasteiger partial charge on any atom is 0.153 e. The maximum atomic E-state index is 15.1. The average molecular weight is 497 g/mol. The Morgan fingerprint density at radius 2 is 1.76 bits per heavy atom. The van der Waals surface area contributed by atoms with E-state index in [4.69, 9.17) is 5.10 Å². The molecule has 37 heavy (non-hydrogen) atoms. The van der Waals surface area contributed by atoms with Crippen LogP contribution in [0.25, 0.3) is 11.3 Å². The number of nitrogens with zero attached hydrogens (tertiary/aromatic N) is 4. The first-order valence-electron chi connectivity index (χ1n) is 13.5. The number of fused-ring (bicyclic) bond motifs is 3. The van der Waals surface area contributed by atoms with Gasteiger partial charge in [0, 0.05) is 46.9 Å². The molecule has 2 aromatic carbocycles. The number of piperidine rings is 1. The van der Waals surface area contributed by atoms with Crippen molar-refractivity contribution >= 4 is 11.5 Å². The molecule has 1 saturated carbocycles.